The number of aliphatic hydroxyl groups excluding tert-OH is 4. The topological polar surface area (TPSA) is 626 Å². The van der Waals surface area contributed by atoms with Crippen molar-refractivity contribution in [3.05, 3.63) is 0 Å². The zero-order valence-electron chi connectivity index (χ0n) is 35.8. The summed E-state index contributed by atoms with van der Waals surface area (Å²) >= 11 is 0. The van der Waals surface area contributed by atoms with Gasteiger partial charge in [0.2, 0.25) is 0 Å². The van der Waals surface area contributed by atoms with Gasteiger partial charge in [-0.2, -0.15) is 60.0 Å². The van der Waals surface area contributed by atoms with Crippen molar-refractivity contribution >= 4 is 74.1 Å². The number of aliphatic carboxylic acids is 2. The Labute approximate surface area is 417 Å². The van der Waals surface area contributed by atoms with Crippen molar-refractivity contribution < 1.29 is 177 Å². The third kappa shape index (κ3) is 18.4. The third-order valence-electron chi connectivity index (χ3n) is 10.0. The molecule has 74 heavy (non-hydrogen) atoms. The van der Waals surface area contributed by atoms with Crippen LogP contribution in [0.5, 0.6) is 0 Å². The lowest BCUT2D eigenvalue weighted by Crippen LogP contribution is -2.70. The van der Waals surface area contributed by atoms with Gasteiger partial charge in [0, 0.05) is 14.2 Å². The van der Waals surface area contributed by atoms with Gasteiger partial charge in [0.1, 0.15) is 79.2 Å². The normalized spacial score (nSPS) is 37.9. The van der Waals surface area contributed by atoms with Crippen LogP contribution < -0.4 is 9.44 Å². The summed E-state index contributed by atoms with van der Waals surface area (Å²) in [7, 11) is -32.5. The molecule has 14 N–H and O–H groups in total. The molecule has 4 aliphatic rings. The molecule has 0 saturated carbocycles. The lowest BCUT2D eigenvalue weighted by atomic mass is 9.94. The first-order chi connectivity index (χ1) is 33.1. The van der Waals surface area contributed by atoms with Gasteiger partial charge < -0.3 is 73.3 Å². The number of methoxy groups -OCH3 is 2. The van der Waals surface area contributed by atoms with E-state index in [1.807, 2.05) is 0 Å². The van der Waals surface area contributed by atoms with Crippen LogP contribution in [0.3, 0.4) is 0 Å². The fourth-order valence-electron chi connectivity index (χ4n) is 7.30. The molecule has 0 aromatic heterocycles. The summed E-state index contributed by atoms with van der Waals surface area (Å²) in [5, 5.41) is 65.0. The number of rotatable bonds is 24. The Kier molecular flexibility index (Phi) is 22.4. The van der Waals surface area contributed by atoms with E-state index in [9.17, 15) is 118 Å². The first-order valence-corrected chi connectivity index (χ1v) is 27.3. The second kappa shape index (κ2) is 25.2. The van der Waals surface area contributed by atoms with E-state index in [0.29, 0.717) is 0 Å². The van der Waals surface area contributed by atoms with Crippen molar-refractivity contribution in [2.75, 3.05) is 27.4 Å². The van der Waals surface area contributed by atoms with Gasteiger partial charge in [0.15, 0.2) is 43.5 Å². The molecule has 0 amide bonds. The second-order valence-corrected chi connectivity index (χ2v) is 21.6. The highest BCUT2D eigenvalue weighted by molar-refractivity contribution is 7.84. The molecule has 0 aromatic carbocycles. The van der Waals surface area contributed by atoms with Crippen molar-refractivity contribution in [2.24, 2.45) is 0 Å². The van der Waals surface area contributed by atoms with E-state index in [1.54, 1.807) is 0 Å². The van der Waals surface area contributed by atoms with Crippen LogP contribution in [0.25, 0.3) is 0 Å². The van der Waals surface area contributed by atoms with Gasteiger partial charge in [0.05, 0.1) is 13.2 Å². The summed E-state index contributed by atoms with van der Waals surface area (Å²) in [6.45, 7) is -3.22. The maximum absolute atomic E-state index is 12.7. The van der Waals surface area contributed by atoms with Crippen LogP contribution in [0.1, 0.15) is 7.43 Å². The molecule has 0 radical (unpaired) electrons. The van der Waals surface area contributed by atoms with Crippen molar-refractivity contribution in [2.45, 2.75) is 130 Å². The van der Waals surface area contributed by atoms with Crippen LogP contribution in [0, 0.1) is 0 Å². The summed E-state index contributed by atoms with van der Waals surface area (Å²) in [4.78, 5) is 24.8. The molecule has 0 bridgehead atoms. The molecular formula is C27H48N2O39S6. The highest BCUT2D eigenvalue weighted by atomic mass is 32.3. The Balaban J connectivity index is 0.0000144. The second-order valence-electron chi connectivity index (χ2n) is 15.0. The minimum Gasteiger partial charge on any atom is -0.479 e. The number of nitrogens with one attached hydrogen (secondary N) is 2. The van der Waals surface area contributed by atoms with Gasteiger partial charge in [-0.25, -0.2) is 26.3 Å². The number of carboxylic acid groups (broad SMARTS) is 2. The summed E-state index contributed by atoms with van der Waals surface area (Å²) in [6.07, 6.45) is -47.4. The predicted molar refractivity (Wildman–Crippen MR) is 218 cm³/mol. The fourth-order valence-corrected chi connectivity index (χ4v) is 10.1. The predicted octanol–water partition coefficient (Wildman–Crippen LogP) is -9.51. The number of hydrogen-bond acceptors (Lipinski definition) is 31. The minimum atomic E-state index is -5.87. The monoisotopic (exact) mass is 1220 g/mol. The molecule has 4 heterocycles. The highest BCUT2D eigenvalue weighted by Crippen LogP contribution is 2.37. The average Bonchev–Trinajstić information content (AvgIpc) is 3.21. The third-order valence-corrected chi connectivity index (χ3v) is 13.0. The number of carbonyl (C=O) groups is 2. The quantitative estimate of drug-likeness (QED) is 0.0399. The van der Waals surface area contributed by atoms with Gasteiger partial charge in [-0.1, -0.05) is 7.43 Å². The fraction of sp³-hybridized carbons (Fsp3) is 0.926. The minimum absolute atomic E-state index is 0. The highest BCUT2D eigenvalue weighted by Gasteiger charge is 2.59. The van der Waals surface area contributed by atoms with E-state index >= 15 is 0 Å². The maximum atomic E-state index is 12.7. The van der Waals surface area contributed by atoms with Crippen LogP contribution in [0.2, 0.25) is 0 Å². The Bertz CT molecular complexity index is 2620. The first kappa shape index (κ1) is 65.9. The van der Waals surface area contributed by atoms with Gasteiger partial charge in [0.25, 0.3) is 0 Å². The van der Waals surface area contributed by atoms with Crippen molar-refractivity contribution in [1.82, 2.24) is 9.44 Å². The smallest absolute Gasteiger partial charge is 0.397 e. The summed E-state index contributed by atoms with van der Waals surface area (Å²) in [5.41, 5.74) is 0. The van der Waals surface area contributed by atoms with E-state index in [0.717, 1.165) is 14.2 Å². The molecule has 0 spiro atoms. The largest absolute Gasteiger partial charge is 0.479 e. The lowest BCUT2D eigenvalue weighted by molar-refractivity contribution is -0.369. The Hall–Kier alpha value is -2.36. The first-order valence-electron chi connectivity index (χ1n) is 19.0. The van der Waals surface area contributed by atoms with E-state index in [1.165, 1.54) is 9.44 Å². The van der Waals surface area contributed by atoms with E-state index in [4.69, 9.17) is 42.6 Å². The number of carboxylic acids is 2. The van der Waals surface area contributed by atoms with E-state index < -0.39 is 210 Å². The Morgan fingerprint density at radius 2 is 0.865 bits per heavy atom. The van der Waals surface area contributed by atoms with Gasteiger partial charge in [-0.3, -0.25) is 27.3 Å². The molecule has 0 aliphatic carbocycles. The zero-order valence-corrected chi connectivity index (χ0v) is 40.7. The van der Waals surface area contributed by atoms with Gasteiger partial charge >= 0.3 is 74.1 Å². The SMILES string of the molecule is C.CO[C@@H]1OC(COS(=O)(=O)O)[C@H](O[C@@H]2OC(C(=O)O)[C@H](O[C@@H]3OC(COS(=O)(=O)O)[C@H](O[C@@H]4OC(C(=O)O)[C@H](OC)[C@H](O)C4OS(=O)(=O)O)[C@H](O)C3NS(=O)(=O)O)[C@H](O)C2O)[C@H](OS(=O)(=O)O)C1NS(=O)(=O)O. The van der Waals surface area contributed by atoms with Crippen LogP contribution in [0.4, 0.5) is 0 Å². The Morgan fingerprint density at radius 3 is 1.31 bits per heavy atom. The standard InChI is InChI=1S/C26H44N2O39S6.CH4/c1-55-16-12(32)18(67-73(52,53)54)26(65-19(16)21(33)34)61-13-5(3-57-70(43,44)45)60-24(7(9(13)29)27-68(37,38)39)63-17-10(30)11(31)25(64-20(17)22(35)36)62-14-6(4-58-71(46,47)48)59-23(56-2)8(28-69(40,41)42)15(14)66-72(49,50)51;/h5-20,23-32H,3-4H2,1-2H3,(H,33,34)(H,35,36)(H,37,38,39)(H,40,41,42)(H,43,44,45)(H,46,47,48)(H,49,50,51)(H,52,53,54);1H4/t5?,6?,7?,8?,9-,10-,11?,12+,13+,14+,15-,16-,17-,18?,19?,20?,23-,24+,25-,26-;/m1./s1. The van der Waals surface area contributed by atoms with E-state index in [2.05, 4.69) is 16.7 Å². The number of hydrogen-bond donors (Lipinski definition) is 14. The van der Waals surface area contributed by atoms with Crippen LogP contribution in [-0.2, 0) is 131 Å². The Morgan fingerprint density at radius 1 is 0.446 bits per heavy atom. The molecule has 4 rings (SSSR count). The average molecular weight is 1220 g/mol. The van der Waals surface area contributed by atoms with Crippen molar-refractivity contribution in [3.8, 4) is 0 Å². The lowest BCUT2D eigenvalue weighted by Gasteiger charge is -2.49. The van der Waals surface area contributed by atoms with Crippen LogP contribution >= 0.6 is 0 Å². The molecule has 436 valence electrons. The van der Waals surface area contributed by atoms with Crippen LogP contribution in [-0.4, -0.2) is 271 Å². The summed E-state index contributed by atoms with van der Waals surface area (Å²) in [6, 6.07) is -5.20. The van der Waals surface area contributed by atoms with Crippen LogP contribution in [0.15, 0.2) is 0 Å². The van der Waals surface area contributed by atoms with Crippen molar-refractivity contribution in [3.63, 3.8) is 0 Å². The molecule has 20 atom stereocenters. The molecule has 4 fully saturated rings. The number of aliphatic hydroxyl groups is 4. The molecule has 41 nitrogen and oxygen atoms in total. The molecule has 47 heteroatoms. The molecule has 4 aliphatic heterocycles. The molecule has 0 aromatic rings. The zero-order chi connectivity index (χ0) is 55.7. The summed E-state index contributed by atoms with van der Waals surface area (Å²) < 4.78 is 266. The maximum Gasteiger partial charge on any atom is 0.397 e. The molecular weight excluding hydrogens is 1170 g/mol. The summed E-state index contributed by atoms with van der Waals surface area (Å²) in [5.74, 6) is -4.30. The van der Waals surface area contributed by atoms with Gasteiger partial charge in [-0.05, 0) is 0 Å². The van der Waals surface area contributed by atoms with Crippen molar-refractivity contribution in [1.29, 1.82) is 0 Å². The molecule has 4 saturated heterocycles. The number of ether oxygens (including phenoxy) is 9. The molecule has 8 unspecified atom stereocenters. The van der Waals surface area contributed by atoms with E-state index in [-0.39, 0.29) is 7.43 Å². The van der Waals surface area contributed by atoms with Gasteiger partial charge in [-0.15, -0.1) is 0 Å².